The van der Waals surface area contributed by atoms with Crippen LogP contribution in [0.1, 0.15) is 31.4 Å². The number of aryl methyl sites for hydroxylation is 1. The van der Waals surface area contributed by atoms with E-state index >= 15 is 0 Å². The molecule has 0 amide bonds. The number of halogens is 1. The van der Waals surface area contributed by atoms with Gasteiger partial charge in [-0.05, 0) is 64.0 Å². The molecule has 130 valence electrons. The average molecular weight is 333 g/mol. The molecule has 0 spiro atoms. The molecule has 24 heavy (non-hydrogen) atoms. The molecule has 2 N–H and O–H groups in total. The van der Waals surface area contributed by atoms with Crippen LogP contribution in [0.3, 0.4) is 0 Å². The van der Waals surface area contributed by atoms with Gasteiger partial charge in [0.25, 0.3) is 0 Å². The molecule has 1 aromatic heterocycles. The van der Waals surface area contributed by atoms with E-state index in [9.17, 15) is 9.18 Å². The number of aliphatic carboxylic acids is 1. The van der Waals surface area contributed by atoms with Crippen molar-refractivity contribution in [3.05, 3.63) is 41.8 Å². The lowest BCUT2D eigenvalue weighted by Crippen LogP contribution is -2.21. The van der Waals surface area contributed by atoms with Gasteiger partial charge in [0.2, 0.25) is 0 Å². The van der Waals surface area contributed by atoms with Crippen LogP contribution in [0.15, 0.2) is 30.3 Å². The first kappa shape index (κ1) is 18.1. The zero-order valence-corrected chi connectivity index (χ0v) is 14.0. The third-order valence-corrected chi connectivity index (χ3v) is 3.92. The number of carboxylic acid groups (broad SMARTS) is 1. The number of nitrogens with zero attached hydrogens (tertiary/aromatic N) is 2. The maximum absolute atomic E-state index is 13.2. The fraction of sp³-hybridized carbons (Fsp3) is 0.444. The zero-order chi connectivity index (χ0) is 17.4. The molecule has 5 nitrogen and oxygen atoms in total. The smallest absolute Gasteiger partial charge is 0.303 e. The summed E-state index contributed by atoms with van der Waals surface area (Å²) in [4.78, 5) is 12.7. The molecule has 0 saturated carbocycles. The number of carboxylic acids is 1. The maximum atomic E-state index is 13.2. The first-order valence-corrected chi connectivity index (χ1v) is 8.25. The summed E-state index contributed by atoms with van der Waals surface area (Å²) < 4.78 is 13.2. The van der Waals surface area contributed by atoms with Crippen molar-refractivity contribution >= 4 is 5.97 Å². The summed E-state index contributed by atoms with van der Waals surface area (Å²) in [5.74, 6) is -0.993. The average Bonchev–Trinajstić information content (AvgIpc) is 3.00. The quantitative estimate of drug-likeness (QED) is 0.654. The Morgan fingerprint density at radius 1 is 1.25 bits per heavy atom. The number of carbonyl (C=O) groups is 1. The van der Waals surface area contributed by atoms with Gasteiger partial charge in [-0.25, -0.2) is 4.39 Å². The Bertz CT molecular complexity index is 657. The number of benzene rings is 1. The molecule has 0 radical (unpaired) electrons. The van der Waals surface area contributed by atoms with Crippen molar-refractivity contribution in [1.29, 1.82) is 0 Å². The van der Waals surface area contributed by atoms with E-state index in [2.05, 4.69) is 15.1 Å². The number of aromatic amines is 1. The van der Waals surface area contributed by atoms with Crippen LogP contribution in [0.5, 0.6) is 0 Å². The lowest BCUT2D eigenvalue weighted by atomic mass is 10.1. The molecular formula is C18H24FN3O2. The molecule has 0 fully saturated rings. The largest absolute Gasteiger partial charge is 0.481 e. The molecule has 6 heteroatoms. The van der Waals surface area contributed by atoms with E-state index in [1.807, 2.05) is 19.2 Å². The summed E-state index contributed by atoms with van der Waals surface area (Å²) in [5, 5.41) is 15.8. The molecule has 1 aromatic carbocycles. The molecule has 0 atom stereocenters. The SMILES string of the molecule is CN(CCCCC(=O)O)CCCc1cc(-c2cccc(F)c2)n[nH]1. The summed E-state index contributed by atoms with van der Waals surface area (Å²) in [5.41, 5.74) is 2.56. The van der Waals surface area contributed by atoms with Crippen LogP contribution in [0.2, 0.25) is 0 Å². The van der Waals surface area contributed by atoms with Crippen LogP contribution in [0.4, 0.5) is 4.39 Å². The minimum atomic E-state index is -0.731. The molecule has 1 heterocycles. The van der Waals surface area contributed by atoms with Crippen molar-refractivity contribution in [2.24, 2.45) is 0 Å². The number of hydrogen-bond acceptors (Lipinski definition) is 3. The first-order chi connectivity index (χ1) is 11.5. The Labute approximate surface area is 141 Å². The number of hydrogen-bond donors (Lipinski definition) is 2. The first-order valence-electron chi connectivity index (χ1n) is 8.25. The summed E-state index contributed by atoms with van der Waals surface area (Å²) in [6, 6.07) is 8.38. The number of unbranched alkanes of at least 4 members (excludes halogenated alkanes) is 1. The number of rotatable bonds is 10. The Morgan fingerprint density at radius 2 is 2.04 bits per heavy atom. The van der Waals surface area contributed by atoms with Gasteiger partial charge in [0, 0.05) is 17.7 Å². The highest BCUT2D eigenvalue weighted by atomic mass is 19.1. The Hall–Kier alpha value is -2.21. The van der Waals surface area contributed by atoms with Crippen LogP contribution in [0.25, 0.3) is 11.3 Å². The fourth-order valence-corrected chi connectivity index (χ4v) is 2.59. The second-order valence-electron chi connectivity index (χ2n) is 6.05. The minimum absolute atomic E-state index is 0.241. The lowest BCUT2D eigenvalue weighted by molar-refractivity contribution is -0.137. The van der Waals surface area contributed by atoms with Crippen LogP contribution < -0.4 is 0 Å². The molecule has 2 rings (SSSR count). The van der Waals surface area contributed by atoms with Crippen LogP contribution >= 0.6 is 0 Å². The second kappa shape index (κ2) is 9.17. The highest BCUT2D eigenvalue weighted by Crippen LogP contribution is 2.19. The van der Waals surface area contributed by atoms with Gasteiger partial charge in [-0.2, -0.15) is 5.10 Å². The number of aromatic nitrogens is 2. The summed E-state index contributed by atoms with van der Waals surface area (Å²) in [6.45, 7) is 1.85. The van der Waals surface area contributed by atoms with Gasteiger partial charge in [0.05, 0.1) is 5.69 Å². The molecule has 2 aromatic rings. The summed E-state index contributed by atoms with van der Waals surface area (Å²) in [6.07, 6.45) is 3.72. The topological polar surface area (TPSA) is 69.2 Å². The molecule has 0 aliphatic heterocycles. The third kappa shape index (κ3) is 6.12. The Balaban J connectivity index is 1.70. The zero-order valence-electron chi connectivity index (χ0n) is 14.0. The van der Waals surface area contributed by atoms with E-state index in [1.54, 1.807) is 6.07 Å². The summed E-state index contributed by atoms with van der Waals surface area (Å²) >= 11 is 0. The third-order valence-electron chi connectivity index (χ3n) is 3.92. The van der Waals surface area contributed by atoms with Crippen molar-refractivity contribution in [2.75, 3.05) is 20.1 Å². The van der Waals surface area contributed by atoms with Crippen LogP contribution in [-0.2, 0) is 11.2 Å². The van der Waals surface area contributed by atoms with Gasteiger partial charge in [-0.1, -0.05) is 12.1 Å². The fourth-order valence-electron chi connectivity index (χ4n) is 2.59. The minimum Gasteiger partial charge on any atom is -0.481 e. The maximum Gasteiger partial charge on any atom is 0.303 e. The highest BCUT2D eigenvalue weighted by Gasteiger charge is 2.06. The van der Waals surface area contributed by atoms with E-state index in [0.717, 1.165) is 55.7 Å². The van der Waals surface area contributed by atoms with E-state index < -0.39 is 5.97 Å². The molecule has 0 aliphatic rings. The van der Waals surface area contributed by atoms with Gasteiger partial charge >= 0.3 is 5.97 Å². The monoisotopic (exact) mass is 333 g/mol. The molecule has 0 aliphatic carbocycles. The van der Waals surface area contributed by atoms with E-state index in [-0.39, 0.29) is 12.2 Å². The van der Waals surface area contributed by atoms with E-state index in [0.29, 0.717) is 0 Å². The van der Waals surface area contributed by atoms with Gasteiger partial charge in [0.1, 0.15) is 5.82 Å². The number of nitrogens with one attached hydrogen (secondary N) is 1. The molecule has 0 bridgehead atoms. The van der Waals surface area contributed by atoms with Crippen molar-refractivity contribution in [2.45, 2.75) is 32.1 Å². The van der Waals surface area contributed by atoms with Gasteiger partial charge < -0.3 is 10.0 Å². The molecule has 0 unspecified atom stereocenters. The van der Waals surface area contributed by atoms with Crippen molar-refractivity contribution < 1.29 is 14.3 Å². The predicted octanol–water partition coefficient (Wildman–Crippen LogP) is 3.34. The highest BCUT2D eigenvalue weighted by molar-refractivity contribution is 5.66. The Morgan fingerprint density at radius 3 is 2.79 bits per heavy atom. The van der Waals surface area contributed by atoms with Gasteiger partial charge in [0.15, 0.2) is 0 Å². The van der Waals surface area contributed by atoms with E-state index in [4.69, 9.17) is 5.11 Å². The second-order valence-corrected chi connectivity index (χ2v) is 6.05. The van der Waals surface area contributed by atoms with Gasteiger partial charge in [-0.15, -0.1) is 0 Å². The Kier molecular flexibility index (Phi) is 6.93. The van der Waals surface area contributed by atoms with Crippen LogP contribution in [-0.4, -0.2) is 46.3 Å². The van der Waals surface area contributed by atoms with Crippen molar-refractivity contribution in [3.63, 3.8) is 0 Å². The normalized spacial score (nSPS) is 11.1. The van der Waals surface area contributed by atoms with Crippen molar-refractivity contribution in [3.8, 4) is 11.3 Å². The molecular weight excluding hydrogens is 309 g/mol. The molecule has 0 saturated heterocycles. The van der Waals surface area contributed by atoms with Crippen molar-refractivity contribution in [1.82, 2.24) is 15.1 Å². The van der Waals surface area contributed by atoms with Gasteiger partial charge in [-0.3, -0.25) is 9.89 Å². The standard InChI is InChI=1S/C18H24FN3O2/c1-22(10-3-2-9-18(23)24)11-5-8-16-13-17(21-20-16)14-6-4-7-15(19)12-14/h4,6-7,12-13H,2-3,5,8-11H2,1H3,(H,20,21)(H,23,24). The predicted molar refractivity (Wildman–Crippen MR) is 91.3 cm³/mol. The van der Waals surface area contributed by atoms with Crippen LogP contribution in [0, 0.1) is 5.82 Å². The number of H-pyrrole nitrogens is 1. The lowest BCUT2D eigenvalue weighted by Gasteiger charge is -2.15. The summed E-state index contributed by atoms with van der Waals surface area (Å²) in [7, 11) is 2.05. The van der Waals surface area contributed by atoms with E-state index in [1.165, 1.54) is 12.1 Å².